The van der Waals surface area contributed by atoms with Gasteiger partial charge in [-0.05, 0) is 47.2 Å². The predicted molar refractivity (Wildman–Crippen MR) is 81.0 cm³/mol. The lowest BCUT2D eigenvalue weighted by atomic mass is 10.1. The van der Waals surface area contributed by atoms with E-state index in [1.54, 1.807) is 17.4 Å². The van der Waals surface area contributed by atoms with Crippen molar-refractivity contribution in [2.45, 2.75) is 19.5 Å². The highest BCUT2D eigenvalue weighted by Crippen LogP contribution is 2.25. The maximum atomic E-state index is 13.7. The molecule has 0 bridgehead atoms. The Hall–Kier alpha value is -1.92. The summed E-state index contributed by atoms with van der Waals surface area (Å²) in [6.45, 7) is 2.50. The van der Waals surface area contributed by atoms with Gasteiger partial charge in [0.15, 0.2) is 5.84 Å². The molecule has 2 aromatic rings. The maximum Gasteiger partial charge on any atom is 0.170 e. The van der Waals surface area contributed by atoms with E-state index < -0.39 is 0 Å². The summed E-state index contributed by atoms with van der Waals surface area (Å²) >= 11 is 1.80. The quantitative estimate of drug-likeness (QED) is 0.396. The Balaban J connectivity index is 1.78. The molecule has 0 fully saturated rings. The van der Waals surface area contributed by atoms with Crippen LogP contribution in [0.3, 0.4) is 0 Å². The maximum absolute atomic E-state index is 13.7. The van der Waals surface area contributed by atoms with Crippen molar-refractivity contribution < 1.29 is 9.60 Å². The molecule has 0 unspecified atom stereocenters. The Morgan fingerprint density at radius 3 is 3.10 bits per heavy atom. The summed E-state index contributed by atoms with van der Waals surface area (Å²) in [4.78, 5) is 3.72. The van der Waals surface area contributed by atoms with Gasteiger partial charge in [-0.1, -0.05) is 5.16 Å². The molecule has 21 heavy (non-hydrogen) atoms. The summed E-state index contributed by atoms with van der Waals surface area (Å²) in [7, 11) is 0. The number of hydrogen-bond donors (Lipinski definition) is 2. The number of nitrogens with two attached hydrogens (primary N) is 1. The summed E-state index contributed by atoms with van der Waals surface area (Å²) in [6.07, 6.45) is 1.04. The molecule has 0 saturated carbocycles. The average molecular weight is 305 g/mol. The molecule has 1 aliphatic heterocycles. The summed E-state index contributed by atoms with van der Waals surface area (Å²) in [5.41, 5.74) is 8.13. The smallest absolute Gasteiger partial charge is 0.170 e. The van der Waals surface area contributed by atoms with E-state index in [1.165, 1.54) is 22.6 Å². The molecule has 0 aliphatic carbocycles. The lowest BCUT2D eigenvalue weighted by molar-refractivity contribution is 0.247. The van der Waals surface area contributed by atoms with Gasteiger partial charge in [0.1, 0.15) is 5.82 Å². The zero-order chi connectivity index (χ0) is 14.8. The van der Waals surface area contributed by atoms with Gasteiger partial charge in [0, 0.05) is 30.1 Å². The van der Waals surface area contributed by atoms with Gasteiger partial charge in [-0.3, -0.25) is 4.90 Å². The molecule has 1 aromatic heterocycles. The predicted octanol–water partition coefficient (Wildman–Crippen LogP) is 2.54. The van der Waals surface area contributed by atoms with Crippen LogP contribution < -0.4 is 5.73 Å². The van der Waals surface area contributed by atoms with E-state index in [4.69, 9.17) is 10.9 Å². The minimum atomic E-state index is -0.373. The summed E-state index contributed by atoms with van der Waals surface area (Å²) < 4.78 is 13.7. The first-order chi connectivity index (χ1) is 10.2. The first-order valence-electron chi connectivity index (χ1n) is 6.70. The Morgan fingerprint density at radius 1 is 1.43 bits per heavy atom. The zero-order valence-corrected chi connectivity index (χ0v) is 12.2. The van der Waals surface area contributed by atoms with Gasteiger partial charge in [-0.25, -0.2) is 4.39 Å². The molecular formula is C15H16FN3OS. The second-order valence-corrected chi connectivity index (χ2v) is 6.16. The van der Waals surface area contributed by atoms with E-state index in [-0.39, 0.29) is 11.7 Å². The van der Waals surface area contributed by atoms with Crippen molar-refractivity contribution in [2.24, 2.45) is 10.9 Å². The number of halogens is 1. The Kier molecular flexibility index (Phi) is 3.90. The van der Waals surface area contributed by atoms with Crippen LogP contribution in [-0.4, -0.2) is 22.5 Å². The highest BCUT2D eigenvalue weighted by atomic mass is 32.1. The third-order valence-electron chi connectivity index (χ3n) is 3.65. The summed E-state index contributed by atoms with van der Waals surface area (Å²) in [6, 6.07) is 6.68. The van der Waals surface area contributed by atoms with Crippen LogP contribution in [0.4, 0.5) is 4.39 Å². The van der Waals surface area contributed by atoms with Gasteiger partial charge in [-0.15, -0.1) is 11.3 Å². The van der Waals surface area contributed by atoms with Crippen LogP contribution in [0.5, 0.6) is 0 Å². The zero-order valence-electron chi connectivity index (χ0n) is 11.4. The number of fused-ring (bicyclic) bond motifs is 1. The van der Waals surface area contributed by atoms with Gasteiger partial charge < -0.3 is 10.9 Å². The van der Waals surface area contributed by atoms with Crippen LogP contribution in [0.25, 0.3) is 0 Å². The molecule has 0 atom stereocenters. The van der Waals surface area contributed by atoms with Crippen molar-refractivity contribution in [3.63, 3.8) is 0 Å². The van der Waals surface area contributed by atoms with Gasteiger partial charge in [-0.2, -0.15) is 0 Å². The van der Waals surface area contributed by atoms with Gasteiger partial charge in [0.2, 0.25) is 0 Å². The van der Waals surface area contributed by atoms with Gasteiger partial charge in [0.25, 0.3) is 0 Å². The minimum Gasteiger partial charge on any atom is -0.409 e. The topological polar surface area (TPSA) is 61.9 Å². The van der Waals surface area contributed by atoms with Crippen LogP contribution >= 0.6 is 11.3 Å². The fourth-order valence-corrected chi connectivity index (χ4v) is 3.54. The second kappa shape index (κ2) is 5.83. The molecule has 1 aromatic carbocycles. The molecule has 2 heterocycles. The molecule has 0 amide bonds. The molecule has 0 spiro atoms. The van der Waals surface area contributed by atoms with Crippen LogP contribution in [-0.2, 0) is 19.5 Å². The molecule has 1 aliphatic rings. The first kappa shape index (κ1) is 14.0. The summed E-state index contributed by atoms with van der Waals surface area (Å²) in [5, 5.41) is 13.8. The van der Waals surface area contributed by atoms with Crippen molar-refractivity contribution >= 4 is 17.2 Å². The van der Waals surface area contributed by atoms with Crippen molar-refractivity contribution in [1.82, 2.24) is 4.90 Å². The van der Waals surface area contributed by atoms with Gasteiger partial charge in [0.05, 0.1) is 0 Å². The monoisotopic (exact) mass is 305 g/mol. The molecule has 0 saturated heterocycles. The number of nitrogens with zero attached hydrogens (tertiary/aromatic N) is 2. The number of thiophene rings is 1. The lowest BCUT2D eigenvalue weighted by Gasteiger charge is -2.27. The molecule has 0 radical (unpaired) electrons. The fourth-order valence-electron chi connectivity index (χ4n) is 2.65. The van der Waals surface area contributed by atoms with Crippen molar-refractivity contribution in [3.8, 4) is 0 Å². The van der Waals surface area contributed by atoms with Gasteiger partial charge >= 0.3 is 0 Å². The molecule has 6 heteroatoms. The van der Waals surface area contributed by atoms with E-state index in [0.29, 0.717) is 12.1 Å². The fraction of sp³-hybridized carbons (Fsp3) is 0.267. The van der Waals surface area contributed by atoms with Crippen molar-refractivity contribution in [1.29, 1.82) is 0 Å². The number of amidine groups is 1. The minimum absolute atomic E-state index is 0.0745. The van der Waals surface area contributed by atoms with Crippen LogP contribution in [0.15, 0.2) is 34.8 Å². The summed E-state index contributed by atoms with van der Waals surface area (Å²) in [5.74, 6) is -0.447. The van der Waals surface area contributed by atoms with E-state index in [0.717, 1.165) is 25.1 Å². The molecule has 3 N–H and O–H groups in total. The number of oxime groups is 1. The van der Waals surface area contributed by atoms with Crippen LogP contribution in [0.1, 0.15) is 21.6 Å². The largest absolute Gasteiger partial charge is 0.409 e. The molecular weight excluding hydrogens is 289 g/mol. The van der Waals surface area contributed by atoms with Crippen LogP contribution in [0.2, 0.25) is 0 Å². The number of rotatable bonds is 3. The molecule has 4 nitrogen and oxygen atoms in total. The van der Waals surface area contributed by atoms with Crippen LogP contribution in [0, 0.1) is 5.82 Å². The number of benzene rings is 1. The standard InChI is InChI=1S/C15H16FN3OS/c16-13-6-10(5-12(7-13)15(17)18-20)8-19-3-1-14-11(9-19)2-4-21-14/h2,4-7,20H,1,3,8-9H2,(H2,17,18). The van der Waals surface area contributed by atoms with E-state index >= 15 is 0 Å². The van der Waals surface area contributed by atoms with Crippen molar-refractivity contribution in [2.75, 3.05) is 6.54 Å². The lowest BCUT2D eigenvalue weighted by Crippen LogP contribution is -2.29. The SMILES string of the molecule is N/C(=N/O)c1cc(F)cc(CN2CCc3sccc3C2)c1. The highest BCUT2D eigenvalue weighted by molar-refractivity contribution is 7.10. The third-order valence-corrected chi connectivity index (χ3v) is 4.68. The second-order valence-electron chi connectivity index (χ2n) is 5.16. The van der Waals surface area contributed by atoms with E-state index in [2.05, 4.69) is 21.5 Å². The normalized spacial score (nSPS) is 16.0. The van der Waals surface area contributed by atoms with E-state index in [9.17, 15) is 4.39 Å². The first-order valence-corrected chi connectivity index (χ1v) is 7.58. The highest BCUT2D eigenvalue weighted by Gasteiger charge is 2.17. The Morgan fingerprint density at radius 2 is 2.29 bits per heavy atom. The molecule has 110 valence electrons. The average Bonchev–Trinajstić information content (AvgIpc) is 2.93. The number of hydrogen-bond acceptors (Lipinski definition) is 4. The van der Waals surface area contributed by atoms with Crippen molar-refractivity contribution in [3.05, 3.63) is 57.0 Å². The Labute approximate surface area is 126 Å². The van der Waals surface area contributed by atoms with E-state index in [1.807, 2.05) is 0 Å². The Bertz CT molecular complexity index is 683. The third kappa shape index (κ3) is 3.06. The molecule has 3 rings (SSSR count).